The SMILES string of the molecule is COC(Cn1c(=O)c2c(C)c(C(=O)OC(=O)CC3CCNCC3)sc2n(CCC(F)(F)F)c1=O)c1ccccc1. The van der Waals surface area contributed by atoms with Gasteiger partial charge in [-0.15, -0.1) is 11.3 Å². The van der Waals surface area contributed by atoms with Gasteiger partial charge in [-0.2, -0.15) is 13.2 Å². The first-order valence-electron chi connectivity index (χ1n) is 12.9. The Hall–Kier alpha value is -3.29. The molecule has 0 amide bonds. The van der Waals surface area contributed by atoms with E-state index in [1.165, 1.54) is 14.0 Å². The summed E-state index contributed by atoms with van der Waals surface area (Å²) in [6.07, 6.45) is -5.04. The van der Waals surface area contributed by atoms with Gasteiger partial charge in [-0.25, -0.2) is 9.59 Å². The van der Waals surface area contributed by atoms with Gasteiger partial charge in [-0.3, -0.25) is 18.7 Å². The van der Waals surface area contributed by atoms with E-state index in [2.05, 4.69) is 5.32 Å². The van der Waals surface area contributed by atoms with Gasteiger partial charge in [0, 0.05) is 20.1 Å². The van der Waals surface area contributed by atoms with Crippen LogP contribution in [-0.2, 0) is 27.4 Å². The summed E-state index contributed by atoms with van der Waals surface area (Å²) < 4.78 is 51.8. The highest BCUT2D eigenvalue weighted by molar-refractivity contribution is 7.20. The number of methoxy groups -OCH3 is 1. The second-order valence-electron chi connectivity index (χ2n) is 9.75. The van der Waals surface area contributed by atoms with E-state index in [0.29, 0.717) is 16.9 Å². The number of nitrogens with one attached hydrogen (secondary N) is 1. The molecule has 13 heteroatoms. The zero-order valence-corrected chi connectivity index (χ0v) is 22.9. The number of alkyl halides is 3. The lowest BCUT2D eigenvalue weighted by atomic mass is 9.95. The number of aryl methyl sites for hydroxylation is 2. The molecule has 1 atom stereocenters. The first-order valence-corrected chi connectivity index (χ1v) is 13.7. The third-order valence-corrected chi connectivity index (χ3v) is 8.32. The van der Waals surface area contributed by atoms with E-state index in [4.69, 9.17) is 9.47 Å². The number of rotatable bonds is 9. The molecule has 40 heavy (non-hydrogen) atoms. The number of ether oxygens (including phenoxy) is 2. The lowest BCUT2D eigenvalue weighted by Crippen LogP contribution is -2.41. The molecule has 2 aromatic heterocycles. The monoisotopic (exact) mass is 581 g/mol. The fourth-order valence-corrected chi connectivity index (χ4v) is 6.04. The topological polar surface area (TPSA) is 109 Å². The molecule has 9 nitrogen and oxygen atoms in total. The second kappa shape index (κ2) is 12.5. The normalized spacial score (nSPS) is 15.3. The molecular weight excluding hydrogens is 551 g/mol. The minimum Gasteiger partial charge on any atom is -0.389 e. The molecule has 0 saturated carbocycles. The van der Waals surface area contributed by atoms with Crippen LogP contribution in [0.2, 0.25) is 0 Å². The smallest absolute Gasteiger partial charge is 0.389 e. The standard InChI is InChI=1S/C27H30F3N3O6S/c1-16-21-23(35)33(15-19(38-2)18-6-4-3-5-7-18)26(37)32(13-10-27(28,29)30)24(21)40-22(16)25(36)39-20(34)14-17-8-11-31-12-9-17/h3-7,17,19,31H,8-15H2,1-2H3. The Morgan fingerprint density at radius 1 is 1.12 bits per heavy atom. The molecule has 4 rings (SSSR count). The van der Waals surface area contributed by atoms with Crippen LogP contribution in [0.25, 0.3) is 10.2 Å². The van der Waals surface area contributed by atoms with Crippen LogP contribution in [0.15, 0.2) is 39.9 Å². The molecule has 0 bridgehead atoms. The molecular formula is C27H30F3N3O6S. The fraction of sp³-hybridized carbons (Fsp3) is 0.481. The van der Waals surface area contributed by atoms with Gasteiger partial charge in [-0.05, 0) is 49.9 Å². The van der Waals surface area contributed by atoms with Crippen molar-refractivity contribution in [2.24, 2.45) is 5.92 Å². The zero-order chi connectivity index (χ0) is 29.0. The first-order chi connectivity index (χ1) is 19.0. The molecule has 1 aliphatic rings. The highest BCUT2D eigenvalue weighted by Crippen LogP contribution is 2.30. The minimum atomic E-state index is -4.57. The number of fused-ring (bicyclic) bond motifs is 1. The Kier molecular flexibility index (Phi) is 9.26. The molecule has 0 aliphatic carbocycles. The number of hydrogen-bond acceptors (Lipinski definition) is 8. The molecule has 0 radical (unpaired) electrons. The van der Waals surface area contributed by atoms with E-state index in [9.17, 15) is 32.3 Å². The third-order valence-electron chi connectivity index (χ3n) is 7.02. The predicted molar refractivity (Wildman–Crippen MR) is 143 cm³/mol. The molecule has 3 heterocycles. The number of carbonyl (C=O) groups is 2. The van der Waals surface area contributed by atoms with Crippen LogP contribution in [0.5, 0.6) is 0 Å². The van der Waals surface area contributed by atoms with Crippen molar-refractivity contribution in [3.8, 4) is 0 Å². The number of halogens is 3. The summed E-state index contributed by atoms with van der Waals surface area (Å²) in [5, 5.41) is 3.11. The van der Waals surface area contributed by atoms with Gasteiger partial charge >= 0.3 is 23.8 Å². The van der Waals surface area contributed by atoms with Crippen molar-refractivity contribution in [1.29, 1.82) is 0 Å². The zero-order valence-electron chi connectivity index (χ0n) is 22.1. The number of esters is 2. The average molecular weight is 582 g/mol. The van der Waals surface area contributed by atoms with Crippen molar-refractivity contribution >= 4 is 33.5 Å². The Morgan fingerprint density at radius 3 is 2.42 bits per heavy atom. The quantitative estimate of drug-likeness (QED) is 0.301. The van der Waals surface area contributed by atoms with Crippen LogP contribution < -0.4 is 16.6 Å². The molecule has 0 spiro atoms. The van der Waals surface area contributed by atoms with E-state index in [1.807, 2.05) is 0 Å². The van der Waals surface area contributed by atoms with Crippen LogP contribution in [0.1, 0.15) is 52.6 Å². The summed E-state index contributed by atoms with van der Waals surface area (Å²) in [7, 11) is 1.40. The summed E-state index contributed by atoms with van der Waals surface area (Å²) in [6, 6.07) is 8.77. The first kappa shape index (κ1) is 29.7. The Labute approximate surface area is 231 Å². The number of aromatic nitrogens is 2. The van der Waals surface area contributed by atoms with Gasteiger partial charge in [0.25, 0.3) is 5.56 Å². The molecule has 1 unspecified atom stereocenters. The van der Waals surface area contributed by atoms with Crippen LogP contribution in [0.4, 0.5) is 13.2 Å². The van der Waals surface area contributed by atoms with E-state index in [1.54, 1.807) is 30.3 Å². The van der Waals surface area contributed by atoms with Crippen molar-refractivity contribution in [2.45, 2.75) is 58.0 Å². The number of thiophene rings is 1. The predicted octanol–water partition coefficient (Wildman–Crippen LogP) is 3.95. The van der Waals surface area contributed by atoms with Crippen molar-refractivity contribution in [3.63, 3.8) is 0 Å². The molecule has 1 aliphatic heterocycles. The number of nitrogens with zero attached hydrogens (tertiary/aromatic N) is 2. The van der Waals surface area contributed by atoms with Crippen LogP contribution in [-0.4, -0.2) is 47.4 Å². The van der Waals surface area contributed by atoms with Crippen LogP contribution in [0.3, 0.4) is 0 Å². The number of hydrogen-bond donors (Lipinski definition) is 1. The van der Waals surface area contributed by atoms with Gasteiger partial charge in [0.2, 0.25) is 0 Å². The lowest BCUT2D eigenvalue weighted by molar-refractivity contribution is -0.139. The lowest BCUT2D eigenvalue weighted by Gasteiger charge is -2.21. The Balaban J connectivity index is 1.74. The van der Waals surface area contributed by atoms with Gasteiger partial charge in [0.15, 0.2) is 0 Å². The summed E-state index contributed by atoms with van der Waals surface area (Å²) in [4.78, 5) is 52.2. The third kappa shape index (κ3) is 6.70. The van der Waals surface area contributed by atoms with E-state index < -0.39 is 48.4 Å². The van der Waals surface area contributed by atoms with E-state index in [0.717, 1.165) is 35.1 Å². The van der Waals surface area contributed by atoms with Crippen molar-refractivity contribution in [2.75, 3.05) is 20.2 Å². The van der Waals surface area contributed by atoms with Crippen molar-refractivity contribution in [3.05, 3.63) is 67.2 Å². The summed E-state index contributed by atoms with van der Waals surface area (Å²) in [6.45, 7) is 1.95. The summed E-state index contributed by atoms with van der Waals surface area (Å²) in [5.74, 6) is -1.65. The molecule has 1 fully saturated rings. The van der Waals surface area contributed by atoms with Crippen molar-refractivity contribution in [1.82, 2.24) is 14.5 Å². The van der Waals surface area contributed by atoms with Gasteiger partial charge in [0.1, 0.15) is 15.8 Å². The number of carbonyl (C=O) groups excluding carboxylic acids is 2. The molecule has 1 N–H and O–H groups in total. The van der Waals surface area contributed by atoms with Gasteiger partial charge in [0.05, 0.1) is 18.4 Å². The highest BCUT2D eigenvalue weighted by Gasteiger charge is 2.31. The minimum absolute atomic E-state index is 0.0539. The number of piperidine rings is 1. The van der Waals surface area contributed by atoms with Crippen LogP contribution in [0, 0.1) is 12.8 Å². The Morgan fingerprint density at radius 2 is 1.80 bits per heavy atom. The summed E-state index contributed by atoms with van der Waals surface area (Å²) >= 11 is 0.670. The van der Waals surface area contributed by atoms with Gasteiger partial charge in [-0.1, -0.05) is 30.3 Å². The Bertz CT molecular complexity index is 1490. The number of benzene rings is 1. The molecule has 216 valence electrons. The molecule has 1 aromatic carbocycles. The maximum Gasteiger partial charge on any atom is 0.390 e. The fourth-order valence-electron chi connectivity index (χ4n) is 4.85. The van der Waals surface area contributed by atoms with Gasteiger partial charge < -0.3 is 14.8 Å². The average Bonchev–Trinajstić information content (AvgIpc) is 3.26. The van der Waals surface area contributed by atoms with Crippen LogP contribution >= 0.6 is 11.3 Å². The maximum absolute atomic E-state index is 13.6. The van der Waals surface area contributed by atoms with Crippen molar-refractivity contribution < 1.29 is 32.2 Å². The van der Waals surface area contributed by atoms with E-state index >= 15 is 0 Å². The van der Waals surface area contributed by atoms with E-state index in [-0.39, 0.29) is 39.5 Å². The maximum atomic E-state index is 13.6. The molecule has 1 saturated heterocycles. The second-order valence-corrected chi connectivity index (χ2v) is 10.7. The molecule has 3 aromatic rings. The summed E-state index contributed by atoms with van der Waals surface area (Å²) in [5.41, 5.74) is -0.928. The largest absolute Gasteiger partial charge is 0.390 e. The highest BCUT2D eigenvalue weighted by atomic mass is 32.1.